The first-order valence-electron chi connectivity index (χ1n) is 7.26. The summed E-state index contributed by atoms with van der Waals surface area (Å²) < 4.78 is 20.4. The Morgan fingerprint density at radius 3 is 2.28 bits per heavy atom. The predicted molar refractivity (Wildman–Crippen MR) is 92.2 cm³/mol. The molecular weight excluding hydrogens is 348 g/mol. The summed E-state index contributed by atoms with van der Waals surface area (Å²) in [6, 6.07) is 9.39. The number of hydrogen-bond donors (Lipinski definition) is 0. The molecule has 0 fully saturated rings. The van der Waals surface area contributed by atoms with Gasteiger partial charge in [0.15, 0.2) is 23.9 Å². The topological polar surface area (TPSA) is 71.1 Å². The fourth-order valence-corrected chi connectivity index (χ4v) is 2.44. The lowest BCUT2D eigenvalue weighted by molar-refractivity contribution is 0.0471. The van der Waals surface area contributed by atoms with Crippen LogP contribution in [0.25, 0.3) is 0 Å². The van der Waals surface area contributed by atoms with Crippen molar-refractivity contribution < 1.29 is 28.5 Å². The lowest BCUT2D eigenvalue weighted by Crippen LogP contribution is -2.15. The summed E-state index contributed by atoms with van der Waals surface area (Å²) in [5.74, 6) is 0.0138. The molecule has 0 saturated heterocycles. The quantitative estimate of drug-likeness (QED) is 0.554. The Bertz CT molecular complexity index is 787. The Morgan fingerprint density at radius 2 is 1.68 bits per heavy atom. The average Bonchev–Trinajstić information content (AvgIpc) is 2.64. The van der Waals surface area contributed by atoms with Crippen LogP contribution >= 0.6 is 11.6 Å². The van der Waals surface area contributed by atoms with E-state index in [9.17, 15) is 9.59 Å². The summed E-state index contributed by atoms with van der Waals surface area (Å²) in [7, 11) is 4.36. The molecule has 6 nitrogen and oxygen atoms in total. The lowest BCUT2D eigenvalue weighted by Gasteiger charge is -2.12. The monoisotopic (exact) mass is 364 g/mol. The fraction of sp³-hybridized carbons (Fsp3) is 0.222. The zero-order chi connectivity index (χ0) is 18.4. The zero-order valence-electron chi connectivity index (χ0n) is 14.0. The molecule has 0 atom stereocenters. The van der Waals surface area contributed by atoms with Crippen molar-refractivity contribution in [2.45, 2.75) is 0 Å². The van der Waals surface area contributed by atoms with Crippen LogP contribution in [0.1, 0.15) is 20.7 Å². The maximum atomic E-state index is 12.2. The van der Waals surface area contributed by atoms with Gasteiger partial charge in [0.25, 0.3) is 0 Å². The van der Waals surface area contributed by atoms with Gasteiger partial charge >= 0.3 is 5.97 Å². The first-order chi connectivity index (χ1) is 12.0. The van der Waals surface area contributed by atoms with Crippen molar-refractivity contribution in [1.29, 1.82) is 0 Å². The highest BCUT2D eigenvalue weighted by Gasteiger charge is 2.19. The SMILES string of the molecule is COc1ccc(C(=O)COC(=O)c2cccc(OC)c2OC)cc1Cl. The summed E-state index contributed by atoms with van der Waals surface area (Å²) in [5.41, 5.74) is 0.485. The minimum Gasteiger partial charge on any atom is -0.495 e. The molecule has 0 radical (unpaired) electrons. The minimum absolute atomic E-state index is 0.169. The van der Waals surface area contributed by atoms with Crippen LogP contribution in [0.3, 0.4) is 0 Å². The van der Waals surface area contributed by atoms with Gasteiger partial charge in [-0.3, -0.25) is 4.79 Å². The highest BCUT2D eigenvalue weighted by Crippen LogP contribution is 2.31. The van der Waals surface area contributed by atoms with Crippen LogP contribution < -0.4 is 14.2 Å². The summed E-state index contributed by atoms with van der Waals surface area (Å²) >= 11 is 5.99. The number of esters is 1. The van der Waals surface area contributed by atoms with Crippen molar-refractivity contribution in [1.82, 2.24) is 0 Å². The smallest absolute Gasteiger partial charge is 0.342 e. The number of benzene rings is 2. The molecule has 0 amide bonds. The first-order valence-corrected chi connectivity index (χ1v) is 7.64. The van der Waals surface area contributed by atoms with E-state index in [2.05, 4.69) is 0 Å². The number of hydrogen-bond acceptors (Lipinski definition) is 6. The number of rotatable bonds is 7. The van der Waals surface area contributed by atoms with Crippen molar-refractivity contribution >= 4 is 23.4 Å². The number of carbonyl (C=O) groups excluding carboxylic acids is 2. The van der Waals surface area contributed by atoms with Gasteiger partial charge in [0.05, 0.1) is 26.4 Å². The van der Waals surface area contributed by atoms with Crippen molar-refractivity contribution in [3.8, 4) is 17.2 Å². The van der Waals surface area contributed by atoms with E-state index in [1.165, 1.54) is 33.5 Å². The predicted octanol–water partition coefficient (Wildman–Crippen LogP) is 3.41. The molecule has 0 aromatic heterocycles. The third-order valence-electron chi connectivity index (χ3n) is 3.43. The van der Waals surface area contributed by atoms with E-state index in [4.69, 9.17) is 30.5 Å². The second-order valence-corrected chi connectivity index (χ2v) is 5.30. The first kappa shape index (κ1) is 18.6. The molecule has 0 heterocycles. The van der Waals surface area contributed by atoms with Crippen LogP contribution in [0.2, 0.25) is 5.02 Å². The van der Waals surface area contributed by atoms with E-state index in [-0.39, 0.29) is 17.1 Å². The van der Waals surface area contributed by atoms with Gasteiger partial charge in [-0.15, -0.1) is 0 Å². The van der Waals surface area contributed by atoms with Crippen LogP contribution in [0.4, 0.5) is 0 Å². The summed E-state index contributed by atoms with van der Waals surface area (Å²) in [4.78, 5) is 24.4. The Morgan fingerprint density at radius 1 is 0.960 bits per heavy atom. The molecule has 0 aliphatic rings. The van der Waals surface area contributed by atoms with E-state index >= 15 is 0 Å². The number of carbonyl (C=O) groups is 2. The summed E-state index contributed by atoms with van der Waals surface area (Å²) in [5, 5.41) is 0.300. The lowest BCUT2D eigenvalue weighted by atomic mass is 10.1. The number of ether oxygens (including phenoxy) is 4. The Labute approximate surface area is 150 Å². The highest BCUT2D eigenvalue weighted by molar-refractivity contribution is 6.32. The van der Waals surface area contributed by atoms with Crippen molar-refractivity contribution in [2.24, 2.45) is 0 Å². The third kappa shape index (κ3) is 4.22. The van der Waals surface area contributed by atoms with Gasteiger partial charge in [0.2, 0.25) is 0 Å². The van der Waals surface area contributed by atoms with Crippen molar-refractivity contribution in [3.05, 3.63) is 52.5 Å². The maximum absolute atomic E-state index is 12.2. The van der Waals surface area contributed by atoms with E-state index in [1.54, 1.807) is 24.3 Å². The van der Waals surface area contributed by atoms with Gasteiger partial charge in [0.1, 0.15) is 11.3 Å². The second kappa shape index (κ2) is 8.39. The van der Waals surface area contributed by atoms with Crippen molar-refractivity contribution in [3.63, 3.8) is 0 Å². The largest absolute Gasteiger partial charge is 0.495 e. The van der Waals surface area contributed by atoms with Crippen molar-refractivity contribution in [2.75, 3.05) is 27.9 Å². The van der Waals surface area contributed by atoms with Crippen LogP contribution in [-0.2, 0) is 4.74 Å². The van der Waals surface area contributed by atoms with Gasteiger partial charge in [-0.2, -0.15) is 0 Å². The van der Waals surface area contributed by atoms with E-state index in [0.717, 1.165) is 0 Å². The molecule has 2 aromatic rings. The third-order valence-corrected chi connectivity index (χ3v) is 3.73. The van der Waals surface area contributed by atoms with Crippen LogP contribution in [0.5, 0.6) is 17.2 Å². The molecule has 7 heteroatoms. The van der Waals surface area contributed by atoms with E-state index < -0.39 is 12.6 Å². The number of ketones is 1. The molecule has 0 aliphatic carbocycles. The van der Waals surface area contributed by atoms with Gasteiger partial charge in [0, 0.05) is 5.56 Å². The fourth-order valence-electron chi connectivity index (χ4n) is 2.18. The van der Waals surface area contributed by atoms with E-state index in [1.807, 2.05) is 0 Å². The van der Waals surface area contributed by atoms with Gasteiger partial charge in [-0.25, -0.2) is 4.79 Å². The molecule has 0 bridgehead atoms. The summed E-state index contributed by atoms with van der Waals surface area (Å²) in [6.45, 7) is -0.429. The molecule has 0 saturated carbocycles. The van der Waals surface area contributed by atoms with Crippen LogP contribution in [-0.4, -0.2) is 39.7 Å². The van der Waals surface area contributed by atoms with Crippen LogP contribution in [0, 0.1) is 0 Å². The number of methoxy groups -OCH3 is 3. The average molecular weight is 365 g/mol. The molecule has 0 aliphatic heterocycles. The molecule has 2 aromatic carbocycles. The van der Waals surface area contributed by atoms with Gasteiger partial charge in [-0.05, 0) is 30.3 Å². The molecule has 25 heavy (non-hydrogen) atoms. The number of halogens is 1. The Kier molecular flexibility index (Phi) is 6.25. The second-order valence-electron chi connectivity index (χ2n) is 4.89. The highest BCUT2D eigenvalue weighted by atomic mass is 35.5. The normalized spacial score (nSPS) is 10.1. The molecule has 0 unspecified atom stereocenters. The summed E-state index contributed by atoms with van der Waals surface area (Å²) in [6.07, 6.45) is 0. The molecular formula is C18H17ClO6. The van der Waals surface area contributed by atoms with Gasteiger partial charge in [-0.1, -0.05) is 17.7 Å². The number of Topliss-reactive ketones (excluding diaryl/α,β-unsaturated/α-hetero) is 1. The minimum atomic E-state index is -0.691. The maximum Gasteiger partial charge on any atom is 0.342 e. The molecule has 2 rings (SSSR count). The Balaban J connectivity index is 2.10. The molecule has 132 valence electrons. The van der Waals surface area contributed by atoms with E-state index in [0.29, 0.717) is 22.1 Å². The molecule has 0 N–H and O–H groups in total. The zero-order valence-corrected chi connectivity index (χ0v) is 14.8. The molecule has 0 spiro atoms. The Hall–Kier alpha value is -2.73. The number of para-hydroxylation sites is 1. The standard InChI is InChI=1S/C18H17ClO6/c1-22-15-8-7-11(9-13(15)19)14(20)10-25-18(21)12-5-4-6-16(23-2)17(12)24-3/h4-9H,10H2,1-3H3. The van der Waals surface area contributed by atoms with Gasteiger partial charge < -0.3 is 18.9 Å². The van der Waals surface area contributed by atoms with Crippen LogP contribution in [0.15, 0.2) is 36.4 Å².